The molecule has 1 atom stereocenters. The largest absolute Gasteiger partial charge is 0.359 e. The van der Waals surface area contributed by atoms with Gasteiger partial charge in [-0.15, -0.1) is 0 Å². The van der Waals surface area contributed by atoms with E-state index in [1.165, 1.54) is 0 Å². The van der Waals surface area contributed by atoms with Gasteiger partial charge in [-0.3, -0.25) is 14.6 Å². The first-order valence-corrected chi connectivity index (χ1v) is 10.6. The highest BCUT2D eigenvalue weighted by molar-refractivity contribution is 5.85. The van der Waals surface area contributed by atoms with Gasteiger partial charge >= 0.3 is 0 Å². The van der Waals surface area contributed by atoms with Crippen LogP contribution in [0.25, 0.3) is 11.1 Å². The lowest BCUT2D eigenvalue weighted by Gasteiger charge is -2.43. The van der Waals surface area contributed by atoms with Crippen molar-refractivity contribution < 1.29 is 9.59 Å². The van der Waals surface area contributed by atoms with E-state index in [0.717, 1.165) is 55.3 Å². The Labute approximate surface area is 172 Å². The molecule has 1 aliphatic heterocycles. The highest BCUT2D eigenvalue weighted by atomic mass is 16.2. The van der Waals surface area contributed by atoms with E-state index in [1.807, 2.05) is 29.3 Å². The van der Waals surface area contributed by atoms with Crippen molar-refractivity contribution in [1.29, 1.82) is 0 Å². The summed E-state index contributed by atoms with van der Waals surface area (Å²) in [6, 6.07) is 12.3. The molecule has 0 spiro atoms. The Kier molecular flexibility index (Phi) is 5.65. The molecule has 1 saturated heterocycles. The molecule has 1 saturated carbocycles. The Bertz CT molecular complexity index is 879. The lowest BCUT2D eigenvalue weighted by Crippen LogP contribution is -2.55. The Balaban J connectivity index is 1.59. The Morgan fingerprint density at radius 1 is 1.17 bits per heavy atom. The van der Waals surface area contributed by atoms with Crippen LogP contribution in [0.2, 0.25) is 0 Å². The molecule has 5 heteroatoms. The Morgan fingerprint density at radius 2 is 2.00 bits per heavy atom. The number of amides is 2. The minimum atomic E-state index is -0.569. The molecule has 1 N–H and O–H groups in total. The van der Waals surface area contributed by atoms with Crippen molar-refractivity contribution in [3.8, 4) is 11.1 Å². The second-order valence-electron chi connectivity index (χ2n) is 8.47. The smallest absolute Gasteiger partial charge is 0.228 e. The maximum Gasteiger partial charge on any atom is 0.228 e. The number of nitrogens with zero attached hydrogens (tertiary/aromatic N) is 2. The quantitative estimate of drug-likeness (QED) is 0.849. The second kappa shape index (κ2) is 8.36. The summed E-state index contributed by atoms with van der Waals surface area (Å²) in [5, 5.41) is 2.87. The number of benzene rings is 1. The summed E-state index contributed by atoms with van der Waals surface area (Å²) >= 11 is 0. The lowest BCUT2D eigenvalue weighted by molar-refractivity contribution is -0.146. The number of rotatable bonds is 5. The van der Waals surface area contributed by atoms with Crippen molar-refractivity contribution in [2.45, 2.75) is 38.5 Å². The predicted octanol–water partition coefficient (Wildman–Crippen LogP) is 3.45. The van der Waals surface area contributed by atoms with Gasteiger partial charge in [-0.05, 0) is 54.9 Å². The van der Waals surface area contributed by atoms with Crippen LogP contribution in [0.4, 0.5) is 0 Å². The maximum absolute atomic E-state index is 13.0. The molecule has 1 unspecified atom stereocenters. The van der Waals surface area contributed by atoms with Gasteiger partial charge in [0, 0.05) is 38.4 Å². The van der Waals surface area contributed by atoms with E-state index in [4.69, 9.17) is 0 Å². The first kappa shape index (κ1) is 19.6. The Hall–Kier alpha value is -2.69. The van der Waals surface area contributed by atoms with Crippen molar-refractivity contribution >= 4 is 11.8 Å². The van der Waals surface area contributed by atoms with E-state index < -0.39 is 5.41 Å². The van der Waals surface area contributed by atoms with Crippen LogP contribution < -0.4 is 5.32 Å². The molecule has 2 aromatic rings. The molecule has 2 amide bonds. The number of piperidine rings is 1. The third-order valence-corrected chi connectivity index (χ3v) is 6.52. The van der Waals surface area contributed by atoms with E-state index in [-0.39, 0.29) is 17.7 Å². The number of hydrogen-bond donors (Lipinski definition) is 1. The van der Waals surface area contributed by atoms with Gasteiger partial charge in [-0.1, -0.05) is 36.8 Å². The number of nitrogens with one attached hydrogen (secondary N) is 1. The fourth-order valence-corrected chi connectivity index (χ4v) is 4.69. The lowest BCUT2D eigenvalue weighted by atomic mass is 9.73. The van der Waals surface area contributed by atoms with Crippen LogP contribution in [-0.2, 0) is 16.0 Å². The molecule has 2 fully saturated rings. The van der Waals surface area contributed by atoms with Gasteiger partial charge in [0.15, 0.2) is 0 Å². The highest BCUT2D eigenvalue weighted by Gasteiger charge is 2.44. The summed E-state index contributed by atoms with van der Waals surface area (Å²) in [7, 11) is 1.70. The van der Waals surface area contributed by atoms with Crippen LogP contribution in [0.1, 0.15) is 37.7 Å². The molecule has 2 aliphatic rings. The zero-order valence-corrected chi connectivity index (χ0v) is 17.1. The van der Waals surface area contributed by atoms with Gasteiger partial charge in [0.05, 0.1) is 5.41 Å². The predicted molar refractivity (Wildman–Crippen MR) is 113 cm³/mol. The van der Waals surface area contributed by atoms with Gasteiger partial charge in [-0.2, -0.15) is 0 Å². The monoisotopic (exact) mass is 391 g/mol. The van der Waals surface area contributed by atoms with Gasteiger partial charge < -0.3 is 10.2 Å². The molecule has 1 aromatic heterocycles. The number of carbonyl (C=O) groups is 2. The summed E-state index contributed by atoms with van der Waals surface area (Å²) in [6.07, 6.45) is 9.06. The summed E-state index contributed by atoms with van der Waals surface area (Å²) in [4.78, 5) is 32.0. The number of hydrogen-bond acceptors (Lipinski definition) is 3. The molecule has 0 radical (unpaired) electrons. The summed E-state index contributed by atoms with van der Waals surface area (Å²) in [6.45, 7) is 1.28. The van der Waals surface area contributed by atoms with Crippen LogP contribution in [0, 0.1) is 11.3 Å². The fourth-order valence-electron chi connectivity index (χ4n) is 4.69. The Morgan fingerprint density at radius 3 is 2.69 bits per heavy atom. The van der Waals surface area contributed by atoms with E-state index in [0.29, 0.717) is 13.0 Å². The van der Waals surface area contributed by atoms with Crippen molar-refractivity contribution in [3.63, 3.8) is 0 Å². The third-order valence-electron chi connectivity index (χ3n) is 6.52. The van der Waals surface area contributed by atoms with Crippen molar-refractivity contribution in [1.82, 2.24) is 15.2 Å². The van der Waals surface area contributed by atoms with E-state index in [1.54, 1.807) is 13.2 Å². The van der Waals surface area contributed by atoms with Crippen molar-refractivity contribution in [3.05, 3.63) is 54.4 Å². The van der Waals surface area contributed by atoms with Crippen LogP contribution in [0.5, 0.6) is 0 Å². The average molecular weight is 392 g/mol. The van der Waals surface area contributed by atoms with Gasteiger partial charge in [0.1, 0.15) is 0 Å². The number of likely N-dealkylation sites (tertiary alicyclic amines) is 1. The standard InChI is InChI=1S/C24H29N3O2/c1-25-23(29)24(11-5-13-27(17-24)22(28)19-7-3-8-19)15-18-6-2-9-20(14-18)21-10-4-12-26-16-21/h2,4,6,9-10,12,14,16,19H,3,5,7-8,11,13,15,17H2,1H3,(H,25,29). The van der Waals surface area contributed by atoms with Crippen molar-refractivity contribution in [2.75, 3.05) is 20.1 Å². The van der Waals surface area contributed by atoms with Gasteiger partial charge in [0.2, 0.25) is 11.8 Å². The first-order chi connectivity index (χ1) is 14.1. The highest BCUT2D eigenvalue weighted by Crippen LogP contribution is 2.37. The van der Waals surface area contributed by atoms with Gasteiger partial charge in [-0.25, -0.2) is 0 Å². The molecule has 4 rings (SSSR count). The molecular weight excluding hydrogens is 362 g/mol. The first-order valence-electron chi connectivity index (χ1n) is 10.6. The van der Waals surface area contributed by atoms with Crippen LogP contribution in [-0.4, -0.2) is 41.8 Å². The van der Waals surface area contributed by atoms with Gasteiger partial charge in [0.25, 0.3) is 0 Å². The normalized spacial score (nSPS) is 22.0. The summed E-state index contributed by atoms with van der Waals surface area (Å²) in [5.74, 6) is 0.452. The zero-order valence-electron chi connectivity index (χ0n) is 17.1. The van der Waals surface area contributed by atoms with E-state index in [9.17, 15) is 9.59 Å². The molecule has 29 heavy (non-hydrogen) atoms. The van der Waals surface area contributed by atoms with E-state index in [2.05, 4.69) is 28.5 Å². The summed E-state index contributed by atoms with van der Waals surface area (Å²) < 4.78 is 0. The van der Waals surface area contributed by atoms with Crippen LogP contribution in [0.15, 0.2) is 48.8 Å². The molecule has 1 aliphatic carbocycles. The summed E-state index contributed by atoms with van der Waals surface area (Å²) in [5.41, 5.74) is 2.71. The number of carbonyl (C=O) groups excluding carboxylic acids is 2. The van der Waals surface area contributed by atoms with Crippen molar-refractivity contribution in [2.24, 2.45) is 11.3 Å². The third kappa shape index (κ3) is 4.04. The SMILES string of the molecule is CNC(=O)C1(Cc2cccc(-c3cccnc3)c2)CCCN(C(=O)C2CCC2)C1. The number of pyridine rings is 1. The fraction of sp³-hybridized carbons (Fsp3) is 0.458. The number of aromatic nitrogens is 1. The molecule has 2 heterocycles. The molecule has 152 valence electrons. The average Bonchev–Trinajstić information content (AvgIpc) is 2.73. The molecule has 1 aromatic carbocycles. The second-order valence-corrected chi connectivity index (χ2v) is 8.47. The molecule has 0 bridgehead atoms. The van der Waals surface area contributed by atoms with Crippen LogP contribution in [0.3, 0.4) is 0 Å². The minimum absolute atomic E-state index is 0.0374. The molecular formula is C24H29N3O2. The van der Waals surface area contributed by atoms with E-state index >= 15 is 0 Å². The van der Waals surface area contributed by atoms with Crippen LogP contribution >= 0.6 is 0 Å². The maximum atomic E-state index is 13.0. The topological polar surface area (TPSA) is 62.3 Å². The minimum Gasteiger partial charge on any atom is -0.359 e. The molecule has 5 nitrogen and oxygen atoms in total. The zero-order chi connectivity index (χ0) is 20.3.